The van der Waals surface area contributed by atoms with Crippen molar-refractivity contribution in [2.45, 2.75) is 0 Å². The molecule has 0 amide bonds. The Balaban J connectivity index is 3.35. The summed E-state index contributed by atoms with van der Waals surface area (Å²) in [4.78, 5) is 13.8. The van der Waals surface area contributed by atoms with Crippen molar-refractivity contribution in [1.82, 2.24) is 14.8 Å². The summed E-state index contributed by atoms with van der Waals surface area (Å²) >= 11 is 0. The Morgan fingerprint density at radius 3 is 2.75 bits per heavy atom. The van der Waals surface area contributed by atoms with Crippen molar-refractivity contribution in [1.29, 1.82) is 0 Å². The molecule has 1 rings (SSSR count). The SMILES string of the molecule is Cn1nccnc1=O. The smallest absolute Gasteiger partial charge is 0.244 e. The van der Waals surface area contributed by atoms with Crippen LogP contribution < -0.4 is 5.69 Å². The van der Waals surface area contributed by atoms with Crippen LogP contribution in [-0.2, 0) is 7.05 Å². The highest BCUT2D eigenvalue weighted by molar-refractivity contribution is 4.63. The first kappa shape index (κ1) is 4.96. The lowest BCUT2D eigenvalue weighted by Crippen LogP contribution is -2.20. The summed E-state index contributed by atoms with van der Waals surface area (Å²) in [6, 6.07) is 0. The highest BCUT2D eigenvalue weighted by Gasteiger charge is 1.82. The molecule has 0 radical (unpaired) electrons. The topological polar surface area (TPSA) is 47.8 Å². The molecule has 42 valence electrons. The summed E-state index contributed by atoms with van der Waals surface area (Å²) in [6.45, 7) is 0. The lowest BCUT2D eigenvalue weighted by atomic mass is 10.9. The standard InChI is InChI=1S/C4H5N3O/c1-7-4(8)5-2-3-6-7/h2-3H,1H3. The van der Waals surface area contributed by atoms with Crippen molar-refractivity contribution in [3.05, 3.63) is 22.9 Å². The minimum Gasteiger partial charge on any atom is -0.244 e. The zero-order chi connectivity index (χ0) is 5.98. The first-order valence-corrected chi connectivity index (χ1v) is 2.15. The van der Waals surface area contributed by atoms with E-state index in [1.807, 2.05) is 0 Å². The molecule has 0 saturated carbocycles. The van der Waals surface area contributed by atoms with Gasteiger partial charge in [0.1, 0.15) is 0 Å². The Bertz CT molecular complexity index is 229. The van der Waals surface area contributed by atoms with Gasteiger partial charge in [0.15, 0.2) is 0 Å². The molecule has 1 heterocycles. The minimum atomic E-state index is -0.326. The Morgan fingerprint density at radius 2 is 2.38 bits per heavy atom. The molecule has 0 aliphatic heterocycles. The van der Waals surface area contributed by atoms with Crippen LogP contribution in [0.1, 0.15) is 0 Å². The first-order valence-electron chi connectivity index (χ1n) is 2.15. The minimum absolute atomic E-state index is 0.326. The van der Waals surface area contributed by atoms with Crippen LogP contribution >= 0.6 is 0 Å². The van der Waals surface area contributed by atoms with Crippen LogP contribution in [0.25, 0.3) is 0 Å². The maximum absolute atomic E-state index is 10.4. The molecule has 0 bridgehead atoms. The molecule has 0 unspecified atom stereocenters. The normalized spacial score (nSPS) is 9.12. The Kier molecular flexibility index (Phi) is 1.07. The Hall–Kier alpha value is -1.19. The molecule has 8 heavy (non-hydrogen) atoms. The van der Waals surface area contributed by atoms with Crippen molar-refractivity contribution < 1.29 is 0 Å². The molecule has 1 aromatic rings. The van der Waals surface area contributed by atoms with Gasteiger partial charge in [0, 0.05) is 7.05 Å². The highest BCUT2D eigenvalue weighted by Crippen LogP contribution is 1.59. The summed E-state index contributed by atoms with van der Waals surface area (Å²) in [5.74, 6) is 0. The van der Waals surface area contributed by atoms with E-state index in [2.05, 4.69) is 10.1 Å². The maximum Gasteiger partial charge on any atom is 0.363 e. The van der Waals surface area contributed by atoms with Crippen molar-refractivity contribution in [3.63, 3.8) is 0 Å². The predicted molar refractivity (Wildman–Crippen MR) is 27.3 cm³/mol. The molecule has 0 spiro atoms. The lowest BCUT2D eigenvalue weighted by molar-refractivity contribution is 0.674. The van der Waals surface area contributed by atoms with Crippen LogP contribution in [0.4, 0.5) is 0 Å². The quantitative estimate of drug-likeness (QED) is 0.439. The van der Waals surface area contributed by atoms with Gasteiger partial charge in [0.05, 0.1) is 12.4 Å². The second-order valence-electron chi connectivity index (χ2n) is 1.35. The molecular weight excluding hydrogens is 106 g/mol. The molecule has 0 aliphatic carbocycles. The first-order chi connectivity index (χ1) is 3.80. The van der Waals surface area contributed by atoms with E-state index < -0.39 is 0 Å². The van der Waals surface area contributed by atoms with Crippen molar-refractivity contribution in [2.24, 2.45) is 7.05 Å². The third-order valence-electron chi connectivity index (χ3n) is 0.768. The van der Waals surface area contributed by atoms with E-state index in [0.717, 1.165) is 0 Å². The van der Waals surface area contributed by atoms with Gasteiger partial charge in [-0.1, -0.05) is 0 Å². The monoisotopic (exact) mass is 111 g/mol. The van der Waals surface area contributed by atoms with E-state index in [1.54, 1.807) is 7.05 Å². The van der Waals surface area contributed by atoms with Crippen LogP contribution in [0.3, 0.4) is 0 Å². The number of rotatable bonds is 0. The number of hydrogen-bond acceptors (Lipinski definition) is 3. The van der Waals surface area contributed by atoms with Crippen LogP contribution in [-0.4, -0.2) is 14.8 Å². The van der Waals surface area contributed by atoms with E-state index >= 15 is 0 Å². The fourth-order valence-electron chi connectivity index (χ4n) is 0.360. The molecule has 0 atom stereocenters. The van der Waals surface area contributed by atoms with Gasteiger partial charge in [0.25, 0.3) is 0 Å². The van der Waals surface area contributed by atoms with E-state index in [0.29, 0.717) is 0 Å². The van der Waals surface area contributed by atoms with Gasteiger partial charge >= 0.3 is 5.69 Å². The lowest BCUT2D eigenvalue weighted by Gasteiger charge is -1.86. The Morgan fingerprint density at radius 1 is 1.62 bits per heavy atom. The average Bonchev–Trinajstić information content (AvgIpc) is 1.77. The fraction of sp³-hybridized carbons (Fsp3) is 0.250. The molecule has 4 nitrogen and oxygen atoms in total. The van der Waals surface area contributed by atoms with E-state index in [-0.39, 0.29) is 5.69 Å². The largest absolute Gasteiger partial charge is 0.363 e. The number of aryl methyl sites for hydroxylation is 1. The molecule has 1 aromatic heterocycles. The Labute approximate surface area is 45.8 Å². The van der Waals surface area contributed by atoms with Gasteiger partial charge in [-0.05, 0) is 0 Å². The van der Waals surface area contributed by atoms with E-state index in [1.165, 1.54) is 17.1 Å². The maximum atomic E-state index is 10.4. The third kappa shape index (κ3) is 0.726. The molecule has 0 N–H and O–H groups in total. The van der Waals surface area contributed by atoms with Gasteiger partial charge in [-0.2, -0.15) is 10.1 Å². The van der Waals surface area contributed by atoms with Gasteiger partial charge in [-0.3, -0.25) is 0 Å². The second-order valence-corrected chi connectivity index (χ2v) is 1.35. The van der Waals surface area contributed by atoms with Crippen LogP contribution in [0.2, 0.25) is 0 Å². The van der Waals surface area contributed by atoms with Crippen LogP contribution in [0, 0.1) is 0 Å². The second kappa shape index (κ2) is 1.73. The van der Waals surface area contributed by atoms with Crippen LogP contribution in [0.5, 0.6) is 0 Å². The molecule has 0 fully saturated rings. The van der Waals surface area contributed by atoms with Crippen molar-refractivity contribution >= 4 is 0 Å². The zero-order valence-corrected chi connectivity index (χ0v) is 4.40. The summed E-state index contributed by atoms with van der Waals surface area (Å²) in [5.41, 5.74) is -0.326. The summed E-state index contributed by atoms with van der Waals surface area (Å²) < 4.78 is 1.17. The zero-order valence-electron chi connectivity index (χ0n) is 4.40. The van der Waals surface area contributed by atoms with E-state index in [4.69, 9.17) is 0 Å². The number of nitrogens with zero attached hydrogens (tertiary/aromatic N) is 3. The van der Waals surface area contributed by atoms with Crippen molar-refractivity contribution in [3.8, 4) is 0 Å². The summed E-state index contributed by atoms with van der Waals surface area (Å²) in [7, 11) is 1.55. The van der Waals surface area contributed by atoms with Gasteiger partial charge in [-0.25, -0.2) is 9.48 Å². The molecule has 0 saturated heterocycles. The van der Waals surface area contributed by atoms with Gasteiger partial charge in [0.2, 0.25) is 0 Å². The number of hydrogen-bond donors (Lipinski definition) is 0. The summed E-state index contributed by atoms with van der Waals surface area (Å²) in [6.07, 6.45) is 2.82. The average molecular weight is 111 g/mol. The number of aromatic nitrogens is 3. The van der Waals surface area contributed by atoms with Gasteiger partial charge < -0.3 is 0 Å². The highest BCUT2D eigenvalue weighted by atomic mass is 16.1. The third-order valence-corrected chi connectivity index (χ3v) is 0.768. The van der Waals surface area contributed by atoms with Crippen molar-refractivity contribution in [2.75, 3.05) is 0 Å². The molecular formula is C4H5N3O. The predicted octanol–water partition coefficient (Wildman–Crippen LogP) is -0.825. The summed E-state index contributed by atoms with van der Waals surface area (Å²) in [5, 5.41) is 3.62. The molecule has 0 aliphatic rings. The van der Waals surface area contributed by atoms with Gasteiger partial charge in [-0.15, -0.1) is 0 Å². The van der Waals surface area contributed by atoms with E-state index in [9.17, 15) is 4.79 Å². The van der Waals surface area contributed by atoms with Crippen LogP contribution in [0.15, 0.2) is 17.2 Å². The molecule has 0 aromatic carbocycles. The fourth-order valence-corrected chi connectivity index (χ4v) is 0.360. The molecule has 4 heteroatoms.